The van der Waals surface area contributed by atoms with Gasteiger partial charge in [-0.15, -0.1) is 0 Å². The number of carboxylic acids is 1. The normalized spacial score (nSPS) is 30.4. The molecule has 1 saturated carbocycles. The lowest BCUT2D eigenvalue weighted by molar-refractivity contribution is -0.314. The molecule has 2 aliphatic carbocycles. The second-order valence-electron chi connectivity index (χ2n) is 5.41. The molecule has 0 saturated heterocycles. The monoisotopic (exact) mass is 271 g/mol. The first-order valence-electron chi connectivity index (χ1n) is 6.76. The summed E-state index contributed by atoms with van der Waals surface area (Å²) >= 11 is 0. The van der Waals surface area contributed by atoms with Gasteiger partial charge in [0, 0.05) is 11.9 Å². The van der Waals surface area contributed by atoms with Crippen molar-refractivity contribution < 1.29 is 19.4 Å². The lowest BCUT2D eigenvalue weighted by Gasteiger charge is -2.27. The highest BCUT2D eigenvalue weighted by molar-refractivity contribution is 5.82. The first kappa shape index (κ1) is 12.9. The van der Waals surface area contributed by atoms with Gasteiger partial charge < -0.3 is 14.6 Å². The summed E-state index contributed by atoms with van der Waals surface area (Å²) in [6, 6.07) is 9.35. The molecule has 0 unspecified atom stereocenters. The zero-order chi connectivity index (χ0) is 14.1. The molecule has 0 amide bonds. The molecule has 4 nitrogen and oxygen atoms in total. The van der Waals surface area contributed by atoms with Crippen LogP contribution in [0.5, 0.6) is 0 Å². The molecule has 0 N–H and O–H groups in total. The number of carbonyl (C=O) groups excluding carboxylic acids is 2. The van der Waals surface area contributed by atoms with Crippen molar-refractivity contribution >= 4 is 11.9 Å². The Labute approximate surface area is 117 Å². The number of esters is 1. The third-order valence-electron chi connectivity index (χ3n) is 4.23. The summed E-state index contributed by atoms with van der Waals surface area (Å²) in [7, 11) is 0. The molecule has 4 heteroatoms. The molecule has 1 aromatic carbocycles. The molecule has 4 atom stereocenters. The molecule has 0 aromatic heterocycles. The Morgan fingerprint density at radius 2 is 1.75 bits per heavy atom. The maximum atomic E-state index is 12.2. The van der Waals surface area contributed by atoms with Crippen molar-refractivity contribution in [3.63, 3.8) is 0 Å². The van der Waals surface area contributed by atoms with Crippen LogP contribution in [0.1, 0.15) is 12.0 Å². The van der Waals surface area contributed by atoms with Crippen LogP contribution < -0.4 is 5.11 Å². The van der Waals surface area contributed by atoms with E-state index in [0.717, 1.165) is 5.56 Å². The summed E-state index contributed by atoms with van der Waals surface area (Å²) in [6.07, 6.45) is 4.52. The minimum absolute atomic E-state index is 0.0221. The number of hydrogen-bond acceptors (Lipinski definition) is 4. The average molecular weight is 271 g/mol. The van der Waals surface area contributed by atoms with Gasteiger partial charge in [-0.1, -0.05) is 42.5 Å². The van der Waals surface area contributed by atoms with E-state index in [2.05, 4.69) is 0 Å². The number of carboxylic acid groups (broad SMARTS) is 1. The largest absolute Gasteiger partial charge is 0.550 e. The summed E-state index contributed by atoms with van der Waals surface area (Å²) in [5.74, 6) is -3.03. The van der Waals surface area contributed by atoms with Crippen molar-refractivity contribution in [2.24, 2.45) is 23.7 Å². The molecule has 0 radical (unpaired) electrons. The molecular formula is C16H15O4-. The van der Waals surface area contributed by atoms with Gasteiger partial charge in [-0.05, 0) is 23.8 Å². The van der Waals surface area contributed by atoms with Crippen LogP contribution in [0.4, 0.5) is 0 Å². The van der Waals surface area contributed by atoms with E-state index in [4.69, 9.17) is 4.74 Å². The number of ether oxygens (including phenoxy) is 1. The third kappa shape index (κ3) is 2.22. The second kappa shape index (κ2) is 5.12. The van der Waals surface area contributed by atoms with E-state index in [1.165, 1.54) is 0 Å². The molecule has 20 heavy (non-hydrogen) atoms. The Morgan fingerprint density at radius 3 is 2.40 bits per heavy atom. The van der Waals surface area contributed by atoms with Gasteiger partial charge in [-0.25, -0.2) is 0 Å². The summed E-state index contributed by atoms with van der Waals surface area (Å²) in [5.41, 5.74) is 0.893. The van der Waals surface area contributed by atoms with Gasteiger partial charge >= 0.3 is 5.97 Å². The number of rotatable bonds is 4. The fraction of sp³-hybridized carbons (Fsp3) is 0.375. The lowest BCUT2D eigenvalue weighted by Crippen LogP contribution is -2.41. The summed E-state index contributed by atoms with van der Waals surface area (Å²) in [5, 5.41) is 11.2. The van der Waals surface area contributed by atoms with Gasteiger partial charge in [0.2, 0.25) is 0 Å². The van der Waals surface area contributed by atoms with E-state index in [1.54, 1.807) is 0 Å². The van der Waals surface area contributed by atoms with Crippen molar-refractivity contribution in [2.75, 3.05) is 0 Å². The van der Waals surface area contributed by atoms with E-state index in [9.17, 15) is 14.7 Å². The van der Waals surface area contributed by atoms with Gasteiger partial charge in [-0.2, -0.15) is 0 Å². The molecule has 1 aromatic rings. The topological polar surface area (TPSA) is 66.4 Å². The Balaban J connectivity index is 1.68. The molecule has 104 valence electrons. The Morgan fingerprint density at radius 1 is 1.10 bits per heavy atom. The SMILES string of the molecule is O=C([O-])[C@H]1[C@H](C(=O)OCc2ccccc2)[C@H]2C=C[C@H]1C2. The Bertz CT molecular complexity index is 549. The van der Waals surface area contributed by atoms with Crippen molar-refractivity contribution in [2.45, 2.75) is 13.0 Å². The third-order valence-corrected chi connectivity index (χ3v) is 4.23. The zero-order valence-corrected chi connectivity index (χ0v) is 10.9. The molecular weight excluding hydrogens is 256 g/mol. The fourth-order valence-electron chi connectivity index (χ4n) is 3.29. The zero-order valence-electron chi connectivity index (χ0n) is 10.9. The van der Waals surface area contributed by atoms with E-state index < -0.39 is 23.8 Å². The first-order valence-corrected chi connectivity index (χ1v) is 6.76. The van der Waals surface area contributed by atoms with E-state index in [1.807, 2.05) is 42.5 Å². The quantitative estimate of drug-likeness (QED) is 0.603. The highest BCUT2D eigenvalue weighted by Crippen LogP contribution is 2.48. The fourth-order valence-corrected chi connectivity index (χ4v) is 3.29. The lowest BCUT2D eigenvalue weighted by atomic mass is 9.83. The molecule has 3 rings (SSSR count). The number of benzene rings is 1. The van der Waals surface area contributed by atoms with Crippen LogP contribution in [0.15, 0.2) is 42.5 Å². The molecule has 0 heterocycles. The number of hydrogen-bond donors (Lipinski definition) is 0. The van der Waals surface area contributed by atoms with Crippen molar-refractivity contribution in [1.82, 2.24) is 0 Å². The maximum absolute atomic E-state index is 12.2. The molecule has 1 fully saturated rings. The Hall–Kier alpha value is -2.10. The van der Waals surface area contributed by atoms with Gasteiger partial charge in [-0.3, -0.25) is 4.79 Å². The van der Waals surface area contributed by atoms with Gasteiger partial charge in [0.25, 0.3) is 0 Å². The number of carbonyl (C=O) groups is 2. The highest BCUT2D eigenvalue weighted by atomic mass is 16.5. The first-order chi connectivity index (χ1) is 9.66. The molecule has 0 spiro atoms. The predicted molar refractivity (Wildman–Crippen MR) is 69.0 cm³/mol. The summed E-state index contributed by atoms with van der Waals surface area (Å²) < 4.78 is 5.28. The van der Waals surface area contributed by atoms with Crippen LogP contribution in [-0.2, 0) is 20.9 Å². The number of aliphatic carboxylic acids is 1. The van der Waals surface area contributed by atoms with E-state index in [0.29, 0.717) is 6.42 Å². The molecule has 2 bridgehead atoms. The number of fused-ring (bicyclic) bond motifs is 2. The summed E-state index contributed by atoms with van der Waals surface area (Å²) in [6.45, 7) is 0.178. The Kier molecular flexibility index (Phi) is 3.30. The number of allylic oxidation sites excluding steroid dienone is 2. The van der Waals surface area contributed by atoms with Crippen LogP contribution in [0, 0.1) is 23.7 Å². The summed E-state index contributed by atoms with van der Waals surface area (Å²) in [4.78, 5) is 23.4. The van der Waals surface area contributed by atoms with Crippen molar-refractivity contribution in [1.29, 1.82) is 0 Å². The van der Waals surface area contributed by atoms with Crippen LogP contribution in [-0.4, -0.2) is 11.9 Å². The predicted octanol–water partition coefficient (Wildman–Crippen LogP) is 0.918. The van der Waals surface area contributed by atoms with Gasteiger partial charge in [0.05, 0.1) is 5.92 Å². The second-order valence-corrected chi connectivity index (χ2v) is 5.41. The maximum Gasteiger partial charge on any atom is 0.310 e. The smallest absolute Gasteiger partial charge is 0.310 e. The van der Waals surface area contributed by atoms with E-state index >= 15 is 0 Å². The van der Waals surface area contributed by atoms with Gasteiger partial charge in [0.1, 0.15) is 6.61 Å². The van der Waals surface area contributed by atoms with Crippen LogP contribution in [0.25, 0.3) is 0 Å². The minimum Gasteiger partial charge on any atom is -0.550 e. The standard InChI is InChI=1S/C16H16O4/c17-15(18)13-11-6-7-12(8-11)14(13)16(19)20-9-10-4-2-1-3-5-10/h1-7,11-14H,8-9H2,(H,17,18)/p-1/t11-,12-,13+,14+/m0/s1. The van der Waals surface area contributed by atoms with Crippen LogP contribution >= 0.6 is 0 Å². The average Bonchev–Trinajstić information content (AvgIpc) is 3.06. The van der Waals surface area contributed by atoms with Crippen molar-refractivity contribution in [3.8, 4) is 0 Å². The minimum atomic E-state index is -1.15. The molecule has 2 aliphatic rings. The van der Waals surface area contributed by atoms with Crippen LogP contribution in [0.2, 0.25) is 0 Å². The molecule has 0 aliphatic heterocycles. The van der Waals surface area contributed by atoms with Crippen molar-refractivity contribution in [3.05, 3.63) is 48.0 Å². The van der Waals surface area contributed by atoms with E-state index in [-0.39, 0.29) is 18.4 Å². The van der Waals surface area contributed by atoms with Gasteiger partial charge in [0.15, 0.2) is 0 Å². The highest BCUT2D eigenvalue weighted by Gasteiger charge is 2.49. The van der Waals surface area contributed by atoms with Crippen LogP contribution in [0.3, 0.4) is 0 Å².